The topological polar surface area (TPSA) is 40.7 Å². The number of benzene rings is 1. The van der Waals surface area contributed by atoms with Crippen LogP contribution in [-0.2, 0) is 0 Å². The van der Waals surface area contributed by atoms with Crippen LogP contribution >= 0.6 is 0 Å². The maximum atomic E-state index is 4.20. The number of imidazole rings is 1. The van der Waals surface area contributed by atoms with Gasteiger partial charge in [0.05, 0.1) is 0 Å². The van der Waals surface area contributed by atoms with Crippen LogP contribution in [0.15, 0.2) is 36.7 Å². The van der Waals surface area contributed by atoms with Crippen LogP contribution in [0, 0.1) is 0 Å². The average Bonchev–Trinajstić information content (AvgIpc) is 2.80. The third-order valence-corrected chi connectivity index (χ3v) is 2.24. The van der Waals surface area contributed by atoms with Crippen LogP contribution in [0.2, 0.25) is 0 Å². The van der Waals surface area contributed by atoms with Gasteiger partial charge in [0, 0.05) is 30.2 Å². The van der Waals surface area contributed by atoms with E-state index in [1.807, 2.05) is 6.20 Å². The summed E-state index contributed by atoms with van der Waals surface area (Å²) in [4.78, 5) is 7.29. The summed E-state index contributed by atoms with van der Waals surface area (Å²) in [6.07, 6.45) is 4.73. The van der Waals surface area contributed by atoms with E-state index in [0.717, 1.165) is 30.0 Å². The molecular formula is C12H15N3. The van der Waals surface area contributed by atoms with E-state index in [9.17, 15) is 0 Å². The second-order valence-electron chi connectivity index (χ2n) is 3.44. The summed E-state index contributed by atoms with van der Waals surface area (Å²) in [6.45, 7) is 3.17. The van der Waals surface area contributed by atoms with E-state index in [4.69, 9.17) is 0 Å². The molecule has 0 saturated heterocycles. The minimum atomic E-state index is 0.914. The molecule has 0 fully saturated rings. The number of rotatable bonds is 4. The van der Waals surface area contributed by atoms with Gasteiger partial charge in [-0.05, 0) is 30.7 Å². The zero-order valence-electron chi connectivity index (χ0n) is 8.83. The Balaban J connectivity index is 2.11. The van der Waals surface area contributed by atoms with Gasteiger partial charge in [0.25, 0.3) is 0 Å². The zero-order chi connectivity index (χ0) is 10.5. The Morgan fingerprint density at radius 3 is 2.67 bits per heavy atom. The minimum absolute atomic E-state index is 0.914. The molecule has 0 saturated carbocycles. The highest BCUT2D eigenvalue weighted by molar-refractivity contribution is 5.59. The second-order valence-corrected chi connectivity index (χ2v) is 3.44. The molecule has 1 aromatic carbocycles. The fourth-order valence-corrected chi connectivity index (χ4v) is 1.44. The quantitative estimate of drug-likeness (QED) is 0.798. The number of nitrogens with zero attached hydrogens (tertiary/aromatic N) is 1. The van der Waals surface area contributed by atoms with Gasteiger partial charge in [0.15, 0.2) is 0 Å². The van der Waals surface area contributed by atoms with Crippen LogP contribution < -0.4 is 5.32 Å². The van der Waals surface area contributed by atoms with Crippen molar-refractivity contribution in [3.63, 3.8) is 0 Å². The predicted octanol–water partition coefficient (Wildman–Crippen LogP) is 2.90. The van der Waals surface area contributed by atoms with E-state index in [0.29, 0.717) is 0 Å². The smallest absolute Gasteiger partial charge is 0.137 e. The fourth-order valence-electron chi connectivity index (χ4n) is 1.44. The van der Waals surface area contributed by atoms with E-state index in [-0.39, 0.29) is 0 Å². The lowest BCUT2D eigenvalue weighted by Gasteiger charge is -2.04. The predicted molar refractivity (Wildman–Crippen MR) is 62.8 cm³/mol. The Hall–Kier alpha value is -1.77. The molecule has 2 N–H and O–H groups in total. The maximum absolute atomic E-state index is 4.20. The number of aromatic nitrogens is 2. The van der Waals surface area contributed by atoms with Crippen molar-refractivity contribution in [2.45, 2.75) is 13.3 Å². The first-order chi connectivity index (χ1) is 7.40. The molecule has 0 atom stereocenters. The van der Waals surface area contributed by atoms with Crippen LogP contribution in [0.3, 0.4) is 0 Å². The molecule has 2 aromatic rings. The lowest BCUT2D eigenvalue weighted by molar-refractivity contribution is 0.980. The van der Waals surface area contributed by atoms with E-state index < -0.39 is 0 Å². The number of hydrogen-bond acceptors (Lipinski definition) is 2. The molecule has 0 aliphatic carbocycles. The molecule has 15 heavy (non-hydrogen) atoms. The standard InChI is InChI=1S/C12H15N3/c1-2-7-13-11-5-3-10(4-6-11)12-14-8-9-15-12/h3-6,8-9,13H,2,7H2,1H3,(H,14,15). The highest BCUT2D eigenvalue weighted by Gasteiger charge is 1.98. The van der Waals surface area contributed by atoms with Gasteiger partial charge in [-0.2, -0.15) is 0 Å². The molecule has 1 aromatic heterocycles. The first-order valence-electron chi connectivity index (χ1n) is 5.24. The molecule has 0 unspecified atom stereocenters. The van der Waals surface area contributed by atoms with E-state index in [1.54, 1.807) is 6.20 Å². The Morgan fingerprint density at radius 1 is 1.27 bits per heavy atom. The van der Waals surface area contributed by atoms with Crippen molar-refractivity contribution in [1.29, 1.82) is 0 Å². The summed E-state index contributed by atoms with van der Waals surface area (Å²) in [5.41, 5.74) is 2.27. The molecule has 78 valence electrons. The minimum Gasteiger partial charge on any atom is -0.385 e. The summed E-state index contributed by atoms with van der Waals surface area (Å²) in [5.74, 6) is 0.914. The number of anilines is 1. The Kier molecular flexibility index (Phi) is 3.02. The van der Waals surface area contributed by atoms with Crippen molar-refractivity contribution in [1.82, 2.24) is 9.97 Å². The van der Waals surface area contributed by atoms with Crippen molar-refractivity contribution in [3.8, 4) is 11.4 Å². The van der Waals surface area contributed by atoms with Crippen molar-refractivity contribution in [2.24, 2.45) is 0 Å². The lowest BCUT2D eigenvalue weighted by atomic mass is 10.2. The number of aromatic amines is 1. The molecule has 0 aliphatic rings. The number of nitrogens with one attached hydrogen (secondary N) is 2. The summed E-state index contributed by atoms with van der Waals surface area (Å²) in [6, 6.07) is 8.29. The molecule has 0 spiro atoms. The molecule has 0 bridgehead atoms. The zero-order valence-corrected chi connectivity index (χ0v) is 8.83. The van der Waals surface area contributed by atoms with Gasteiger partial charge in [-0.3, -0.25) is 0 Å². The van der Waals surface area contributed by atoms with Gasteiger partial charge in [-0.1, -0.05) is 6.92 Å². The summed E-state index contributed by atoms with van der Waals surface area (Å²) in [5, 5.41) is 3.34. The third-order valence-electron chi connectivity index (χ3n) is 2.24. The van der Waals surface area contributed by atoms with Crippen LogP contribution in [-0.4, -0.2) is 16.5 Å². The maximum Gasteiger partial charge on any atom is 0.137 e. The van der Waals surface area contributed by atoms with Crippen molar-refractivity contribution < 1.29 is 0 Å². The Morgan fingerprint density at radius 2 is 2.07 bits per heavy atom. The summed E-state index contributed by atoms with van der Waals surface area (Å²) < 4.78 is 0. The van der Waals surface area contributed by atoms with Crippen LogP contribution in [0.4, 0.5) is 5.69 Å². The molecule has 1 heterocycles. The van der Waals surface area contributed by atoms with Gasteiger partial charge in [-0.25, -0.2) is 4.98 Å². The molecular weight excluding hydrogens is 186 g/mol. The largest absolute Gasteiger partial charge is 0.385 e. The van der Waals surface area contributed by atoms with Gasteiger partial charge < -0.3 is 10.3 Å². The van der Waals surface area contributed by atoms with Crippen molar-refractivity contribution >= 4 is 5.69 Å². The van der Waals surface area contributed by atoms with Crippen molar-refractivity contribution in [3.05, 3.63) is 36.7 Å². The van der Waals surface area contributed by atoms with Crippen molar-refractivity contribution in [2.75, 3.05) is 11.9 Å². The van der Waals surface area contributed by atoms with E-state index >= 15 is 0 Å². The van der Waals surface area contributed by atoms with Gasteiger partial charge in [0.2, 0.25) is 0 Å². The molecule has 2 rings (SSSR count). The molecule has 0 radical (unpaired) electrons. The summed E-state index contributed by atoms with van der Waals surface area (Å²) >= 11 is 0. The first kappa shape index (κ1) is 9.77. The van der Waals surface area contributed by atoms with Crippen LogP contribution in [0.1, 0.15) is 13.3 Å². The Labute approximate surface area is 89.6 Å². The average molecular weight is 201 g/mol. The monoisotopic (exact) mass is 201 g/mol. The SMILES string of the molecule is CCCNc1ccc(-c2ncc[nH]2)cc1. The van der Waals surface area contributed by atoms with Gasteiger partial charge in [-0.15, -0.1) is 0 Å². The van der Waals surface area contributed by atoms with Gasteiger partial charge >= 0.3 is 0 Å². The summed E-state index contributed by atoms with van der Waals surface area (Å²) in [7, 11) is 0. The highest BCUT2D eigenvalue weighted by atomic mass is 14.9. The molecule has 0 aliphatic heterocycles. The molecule has 3 nitrogen and oxygen atoms in total. The first-order valence-corrected chi connectivity index (χ1v) is 5.24. The van der Waals surface area contributed by atoms with E-state index in [2.05, 4.69) is 46.5 Å². The normalized spacial score (nSPS) is 10.2. The lowest BCUT2D eigenvalue weighted by Crippen LogP contribution is -1.98. The number of hydrogen-bond donors (Lipinski definition) is 2. The van der Waals surface area contributed by atoms with Gasteiger partial charge in [0.1, 0.15) is 5.82 Å². The molecule has 0 amide bonds. The second kappa shape index (κ2) is 4.64. The van der Waals surface area contributed by atoms with Crippen LogP contribution in [0.5, 0.6) is 0 Å². The molecule has 3 heteroatoms. The Bertz CT molecular complexity index is 389. The van der Waals surface area contributed by atoms with Crippen LogP contribution in [0.25, 0.3) is 11.4 Å². The van der Waals surface area contributed by atoms with E-state index in [1.165, 1.54) is 0 Å². The highest BCUT2D eigenvalue weighted by Crippen LogP contribution is 2.17. The third kappa shape index (κ3) is 2.37. The fraction of sp³-hybridized carbons (Fsp3) is 0.250. The number of H-pyrrole nitrogens is 1.